The van der Waals surface area contributed by atoms with Gasteiger partial charge in [0.25, 0.3) is 0 Å². The number of aldehydes is 1. The third-order valence-electron chi connectivity index (χ3n) is 17.4. The molecule has 13 N–H and O–H groups in total. The number of amidine groups is 3. The van der Waals surface area contributed by atoms with Gasteiger partial charge in [0.1, 0.15) is 56.8 Å². The predicted octanol–water partition coefficient (Wildman–Crippen LogP) is 19.4. The number of benzene rings is 6. The molecule has 0 aliphatic heterocycles. The SMILES string of the molecule is Brc1ccc(Br)nc1.C=C(N)c1ccc(-c2ccc(-c3ccc(/C(N)=N\O)o3)cn2)cc1.COc1ccc(-c2ccc(-c3ccc(C=O)o3)cn2)cc1.COc1ccc(-c2ccc(Br)cn2)cc1.COc1ccc(B(O)O)cc1.N=C(N)c1ccc(-c2ccc(-c3ccc(C(=N)N)o3)cn2)cc1.[C-]#[N+]c1ccc(-c2ccc(-c3ccc(C#N)o3)cn2)cc1. The van der Waals surface area contributed by atoms with E-state index in [-0.39, 0.29) is 23.3 Å². The van der Waals surface area contributed by atoms with Crippen LogP contribution in [-0.2, 0) is 0 Å². The molecule has 10 aromatic heterocycles. The maximum atomic E-state index is 10.6. The van der Waals surface area contributed by atoms with E-state index in [9.17, 15) is 4.79 Å². The number of carbonyl (C=O) groups is 1. The first-order chi connectivity index (χ1) is 59.5. The minimum Gasteiger partial charge on any atom is -0.497 e. The quantitative estimate of drug-likeness (QED) is 0.00563. The molecule has 26 nitrogen and oxygen atoms in total. The van der Waals surface area contributed by atoms with Gasteiger partial charge in [-0.15, -0.1) is 0 Å². The Morgan fingerprint density at radius 2 is 0.805 bits per heavy atom. The van der Waals surface area contributed by atoms with Gasteiger partial charge in [0.05, 0.1) is 56.4 Å². The van der Waals surface area contributed by atoms with E-state index in [0.29, 0.717) is 74.8 Å². The van der Waals surface area contributed by atoms with E-state index in [2.05, 4.69) is 94.3 Å². The topological polar surface area (TPSA) is 428 Å². The van der Waals surface area contributed by atoms with Gasteiger partial charge >= 0.3 is 7.12 Å². The Hall–Kier alpha value is -15.4. The molecule has 0 atom stereocenters. The van der Waals surface area contributed by atoms with E-state index < -0.39 is 7.12 Å². The molecule has 0 spiro atoms. The number of halogens is 3. The van der Waals surface area contributed by atoms with Crippen molar-refractivity contribution in [2.45, 2.75) is 0 Å². The monoisotopic (exact) mass is 1830 g/mol. The maximum absolute atomic E-state index is 10.6. The van der Waals surface area contributed by atoms with Crippen LogP contribution in [0.3, 0.4) is 0 Å². The molecule has 123 heavy (non-hydrogen) atoms. The summed E-state index contributed by atoms with van der Waals surface area (Å²) in [5, 5.41) is 52.5. The van der Waals surface area contributed by atoms with Gasteiger partial charge in [0.15, 0.2) is 35.1 Å². The Kier molecular flexibility index (Phi) is 32.8. The highest BCUT2D eigenvalue weighted by Gasteiger charge is 2.15. The summed E-state index contributed by atoms with van der Waals surface area (Å²) in [6, 6.07) is 82.9. The van der Waals surface area contributed by atoms with Crippen molar-refractivity contribution in [1.29, 1.82) is 16.1 Å². The van der Waals surface area contributed by atoms with Gasteiger partial charge in [-0.2, -0.15) is 5.26 Å². The highest BCUT2D eigenvalue weighted by atomic mass is 79.9. The lowest BCUT2D eigenvalue weighted by Gasteiger charge is -2.04. The maximum Gasteiger partial charge on any atom is 0.488 e. The molecule has 0 fully saturated rings. The summed E-state index contributed by atoms with van der Waals surface area (Å²) < 4.78 is 39.7. The number of carbonyl (C=O) groups excluding carboxylic acids is 1. The number of ether oxygens (including phenoxy) is 3. The fourth-order valence-electron chi connectivity index (χ4n) is 10.9. The smallest absolute Gasteiger partial charge is 0.488 e. The van der Waals surface area contributed by atoms with E-state index in [1.165, 1.54) is 0 Å². The third-order valence-corrected chi connectivity index (χ3v) is 18.8. The molecule has 0 aliphatic carbocycles. The second kappa shape index (κ2) is 44.9. The molecule has 0 saturated carbocycles. The number of nitrogen functional groups attached to an aromatic ring is 2. The summed E-state index contributed by atoms with van der Waals surface area (Å²) in [7, 11) is 3.46. The van der Waals surface area contributed by atoms with Crippen LogP contribution < -0.4 is 42.6 Å². The van der Waals surface area contributed by atoms with Crippen molar-refractivity contribution >= 4 is 95.5 Å². The molecule has 16 rings (SSSR count). The Bertz CT molecular complexity index is 6230. The molecule has 16 aromatic rings. The normalized spacial score (nSPS) is 10.3. The van der Waals surface area contributed by atoms with Crippen LogP contribution in [0, 0.1) is 28.7 Å². The summed E-state index contributed by atoms with van der Waals surface area (Å²) in [5.41, 5.74) is 37.7. The van der Waals surface area contributed by atoms with Gasteiger partial charge in [-0.1, -0.05) is 96.7 Å². The largest absolute Gasteiger partial charge is 0.497 e. The lowest BCUT2D eigenvalue weighted by atomic mass is 9.80. The highest BCUT2D eigenvalue weighted by molar-refractivity contribution is 9.11. The van der Waals surface area contributed by atoms with E-state index in [0.717, 1.165) is 109 Å². The van der Waals surface area contributed by atoms with Crippen LogP contribution in [0.2, 0.25) is 0 Å². The number of hydrogen-bond acceptors (Lipinski definition) is 22. The lowest BCUT2D eigenvalue weighted by molar-refractivity contribution is 0.110. The number of nitriles is 1. The van der Waals surface area contributed by atoms with Crippen molar-refractivity contribution in [2.24, 2.45) is 28.1 Å². The molecule has 10 heterocycles. The molecule has 612 valence electrons. The van der Waals surface area contributed by atoms with Crippen molar-refractivity contribution in [3.63, 3.8) is 0 Å². The molecule has 30 heteroatoms. The third kappa shape index (κ3) is 26.3. The van der Waals surface area contributed by atoms with Crippen molar-refractivity contribution in [1.82, 2.24) is 29.9 Å². The number of oxime groups is 1. The van der Waals surface area contributed by atoms with E-state index in [1.54, 1.807) is 156 Å². The average Bonchev–Trinajstić information content (AvgIpc) is 1.83. The number of hydrogen-bond donors (Lipinski definition) is 9. The summed E-state index contributed by atoms with van der Waals surface area (Å²) in [6.45, 7) is 10.6. The molecule has 0 saturated heterocycles. The fraction of sp³-hybridized carbons (Fsp3) is 0.0323. The van der Waals surface area contributed by atoms with Crippen LogP contribution in [0.25, 0.3) is 112 Å². The number of nitrogens with zero attached hydrogens (tertiary/aromatic N) is 9. The van der Waals surface area contributed by atoms with Crippen LogP contribution in [0.1, 0.15) is 39.0 Å². The second-order valence-corrected chi connectivity index (χ2v) is 28.2. The standard InChI is InChI=1S/C18H16N4O2.C17H15N5O.C17H9N3O.C17H13NO3.C12H10BrNO.C7H9BO3.C5H3Br2N/c1-11(19)12-2-4-13(5-3-12)15-7-6-14(10-21-15)16-8-9-17(24-16)18(20)22-23;18-16(19)11-3-1-10(2-4-11)13-6-5-12(9-22-13)14-7-8-15(23-14)17(20)21;1-19-14-5-2-12(3-6-14)16-8-4-13(11-20-16)17-9-7-15(10-18)21-17;1-20-14-5-2-12(3-6-14)16-8-4-13(10-18-16)17-9-7-15(11-19)21-17;1-15-11-5-2-9(3-6-11)12-7-4-10(13)8-14-12;1-11-7-4-2-6(3-5-7)8(9)10;6-4-1-2-5(7)8-3-4/h2-10,23H,1,19H2,(H2,20,22);1-9H,(H3,18,19)(H3,20,21);2-9,11H;2-11H,1H3;2-8H,1H3;2-5,9-10H,1H3;1-3H. The van der Waals surface area contributed by atoms with Crippen molar-refractivity contribution < 1.29 is 51.9 Å². The summed E-state index contributed by atoms with van der Waals surface area (Å²) >= 11 is 9.83. The number of nitrogens with one attached hydrogen (secondary N) is 2. The number of pyridine rings is 6. The molecular formula is C93H75BBr3N15O11. The Morgan fingerprint density at radius 1 is 0.447 bits per heavy atom. The molecule has 0 aliphatic rings. The van der Waals surface area contributed by atoms with Gasteiger partial charge < -0.3 is 70.1 Å². The molecule has 0 bridgehead atoms. The van der Waals surface area contributed by atoms with Gasteiger partial charge in [0.2, 0.25) is 11.6 Å². The molecule has 0 unspecified atom stereocenters. The molecule has 0 radical (unpaired) electrons. The van der Waals surface area contributed by atoms with Crippen LogP contribution in [-0.4, -0.2) is 97.4 Å². The van der Waals surface area contributed by atoms with Crippen molar-refractivity contribution in [3.8, 4) is 125 Å². The van der Waals surface area contributed by atoms with Gasteiger partial charge in [-0.3, -0.25) is 40.5 Å². The fourth-order valence-corrected chi connectivity index (χ4v) is 11.6. The summed E-state index contributed by atoms with van der Waals surface area (Å²) in [5.74, 6) is 5.91. The van der Waals surface area contributed by atoms with Crippen LogP contribution in [0.15, 0.2) is 347 Å². The first-order valence-electron chi connectivity index (χ1n) is 36.6. The molecule has 0 amide bonds. The van der Waals surface area contributed by atoms with Gasteiger partial charge in [-0.05, 0) is 246 Å². The predicted molar refractivity (Wildman–Crippen MR) is 487 cm³/mol. The van der Waals surface area contributed by atoms with Crippen molar-refractivity contribution in [3.05, 3.63) is 370 Å². The van der Waals surface area contributed by atoms with Crippen LogP contribution in [0.5, 0.6) is 17.2 Å². The molecular weight excluding hydrogens is 1750 g/mol. The Balaban J connectivity index is 0.000000154. The first kappa shape index (κ1) is 89.9. The number of methoxy groups -OCH3 is 3. The summed E-state index contributed by atoms with van der Waals surface area (Å²) in [4.78, 5) is 39.9. The van der Waals surface area contributed by atoms with E-state index in [4.69, 9.17) is 92.7 Å². The minimum absolute atomic E-state index is 0.0407. The number of nitrogens with two attached hydrogens (primary N) is 4. The summed E-state index contributed by atoms with van der Waals surface area (Å²) in [6.07, 6.45) is 11.1. The Morgan fingerprint density at radius 3 is 1.13 bits per heavy atom. The zero-order chi connectivity index (χ0) is 87.7. The highest BCUT2D eigenvalue weighted by Crippen LogP contribution is 2.31. The number of rotatable bonds is 18. The van der Waals surface area contributed by atoms with Gasteiger partial charge in [-0.25, -0.2) is 9.83 Å². The second-order valence-electron chi connectivity index (χ2n) is 25.6. The number of aromatic nitrogens is 6. The average molecular weight is 1830 g/mol. The lowest BCUT2D eigenvalue weighted by Crippen LogP contribution is -2.29. The molecule has 6 aromatic carbocycles. The van der Waals surface area contributed by atoms with Gasteiger partial charge in [0, 0.05) is 102 Å². The van der Waals surface area contributed by atoms with Crippen molar-refractivity contribution in [2.75, 3.05) is 21.3 Å². The van der Waals surface area contributed by atoms with Crippen LogP contribution >= 0.6 is 47.8 Å². The zero-order valence-corrected chi connectivity index (χ0v) is 70.6. The van der Waals surface area contributed by atoms with E-state index >= 15 is 0 Å². The number of furan rings is 4. The minimum atomic E-state index is -1.40. The van der Waals surface area contributed by atoms with E-state index in [1.807, 2.05) is 176 Å². The first-order valence-corrected chi connectivity index (χ1v) is 39.0. The van der Waals surface area contributed by atoms with Crippen LogP contribution in [0.4, 0.5) is 5.69 Å². The Labute approximate surface area is 732 Å². The zero-order valence-electron chi connectivity index (χ0n) is 65.8.